The van der Waals surface area contributed by atoms with Crippen molar-refractivity contribution in [3.63, 3.8) is 0 Å². The van der Waals surface area contributed by atoms with Crippen LogP contribution in [0.5, 0.6) is 0 Å². The summed E-state index contributed by atoms with van der Waals surface area (Å²) in [4.78, 5) is 21.2. The number of nitrogens with two attached hydrogens (primary N) is 1. The Balaban J connectivity index is 1.48. The minimum atomic E-state index is -0.309. The van der Waals surface area contributed by atoms with Crippen molar-refractivity contribution >= 4 is 17.4 Å². The zero-order valence-corrected chi connectivity index (χ0v) is 16.6. The Hall–Kier alpha value is -4.04. The van der Waals surface area contributed by atoms with Crippen LogP contribution < -0.4 is 16.4 Å². The van der Waals surface area contributed by atoms with Gasteiger partial charge in [-0.3, -0.25) is 4.79 Å². The molecule has 0 aliphatic carbocycles. The van der Waals surface area contributed by atoms with E-state index in [-0.39, 0.29) is 30.0 Å². The van der Waals surface area contributed by atoms with Crippen LogP contribution in [-0.4, -0.2) is 27.0 Å². The maximum atomic E-state index is 13.1. The zero-order chi connectivity index (χ0) is 21.6. The molecule has 0 aliphatic heterocycles. The summed E-state index contributed by atoms with van der Waals surface area (Å²) >= 11 is 0. The average molecular weight is 416 g/mol. The van der Waals surface area contributed by atoms with Crippen LogP contribution in [0.1, 0.15) is 22.1 Å². The number of benzene rings is 2. The number of imidazole rings is 1. The summed E-state index contributed by atoms with van der Waals surface area (Å²) in [7, 11) is 0. The smallest absolute Gasteiger partial charge is 0.272 e. The van der Waals surface area contributed by atoms with Crippen molar-refractivity contribution in [1.29, 1.82) is 0 Å². The molecule has 1 amide bonds. The first-order valence-corrected chi connectivity index (χ1v) is 9.71. The topological polar surface area (TPSA) is 97.9 Å². The van der Waals surface area contributed by atoms with Crippen LogP contribution in [0.15, 0.2) is 85.5 Å². The van der Waals surface area contributed by atoms with Crippen LogP contribution in [0.25, 0.3) is 5.69 Å². The summed E-state index contributed by atoms with van der Waals surface area (Å²) in [5.41, 5.74) is 8.53. The van der Waals surface area contributed by atoms with E-state index in [0.29, 0.717) is 11.5 Å². The van der Waals surface area contributed by atoms with Crippen molar-refractivity contribution in [1.82, 2.24) is 19.9 Å². The standard InChI is InChI=1S/C23H21FN6O/c24-17-6-8-18(9-7-17)28-22-12-19(10-11-26-22)30-14-21(27-15-30)23(31)29-20(13-25)16-4-2-1-3-5-16/h1-12,14-15,20H,13,25H2,(H,26,28)(H,29,31). The molecule has 0 aliphatic rings. The SMILES string of the molecule is NCC(NC(=O)c1cn(-c2ccnc(Nc3ccc(F)cc3)c2)cn1)c1ccccc1. The Morgan fingerprint density at radius 2 is 1.84 bits per heavy atom. The number of amides is 1. The molecule has 0 saturated carbocycles. The van der Waals surface area contributed by atoms with Crippen molar-refractivity contribution in [3.05, 3.63) is 103 Å². The first-order chi connectivity index (χ1) is 15.1. The van der Waals surface area contributed by atoms with Gasteiger partial charge in [0.05, 0.1) is 11.7 Å². The highest BCUT2D eigenvalue weighted by Crippen LogP contribution is 2.18. The molecule has 4 aromatic rings. The predicted octanol–water partition coefficient (Wildman–Crippen LogP) is 3.58. The number of carbonyl (C=O) groups is 1. The number of hydrogen-bond acceptors (Lipinski definition) is 5. The second-order valence-corrected chi connectivity index (χ2v) is 6.87. The largest absolute Gasteiger partial charge is 0.343 e. The fourth-order valence-corrected chi connectivity index (χ4v) is 3.11. The van der Waals surface area contributed by atoms with Crippen molar-refractivity contribution in [2.24, 2.45) is 5.73 Å². The van der Waals surface area contributed by atoms with Gasteiger partial charge in [0.15, 0.2) is 0 Å². The molecule has 4 rings (SSSR count). The molecule has 0 saturated heterocycles. The van der Waals surface area contributed by atoms with E-state index < -0.39 is 0 Å². The van der Waals surface area contributed by atoms with E-state index in [2.05, 4.69) is 20.6 Å². The molecule has 2 aromatic carbocycles. The van der Waals surface area contributed by atoms with Gasteiger partial charge < -0.3 is 20.9 Å². The van der Waals surface area contributed by atoms with E-state index in [4.69, 9.17) is 5.73 Å². The fourth-order valence-electron chi connectivity index (χ4n) is 3.11. The third-order valence-corrected chi connectivity index (χ3v) is 4.72. The van der Waals surface area contributed by atoms with Gasteiger partial charge in [0.2, 0.25) is 0 Å². The lowest BCUT2D eigenvalue weighted by atomic mass is 10.1. The minimum absolute atomic E-state index is 0.277. The molecule has 1 atom stereocenters. The maximum Gasteiger partial charge on any atom is 0.272 e. The molecule has 2 aromatic heterocycles. The number of halogens is 1. The number of rotatable bonds is 7. The second-order valence-electron chi connectivity index (χ2n) is 6.87. The Morgan fingerprint density at radius 1 is 1.06 bits per heavy atom. The molecule has 156 valence electrons. The predicted molar refractivity (Wildman–Crippen MR) is 117 cm³/mol. The quantitative estimate of drug-likeness (QED) is 0.428. The van der Waals surface area contributed by atoms with Crippen LogP contribution >= 0.6 is 0 Å². The summed E-state index contributed by atoms with van der Waals surface area (Å²) in [6, 6.07) is 18.9. The highest BCUT2D eigenvalue weighted by Gasteiger charge is 2.16. The summed E-state index contributed by atoms with van der Waals surface area (Å²) in [5.74, 6) is -0.0338. The monoisotopic (exact) mass is 416 g/mol. The second kappa shape index (κ2) is 9.19. The van der Waals surface area contributed by atoms with Crippen molar-refractivity contribution in [2.75, 3.05) is 11.9 Å². The van der Waals surface area contributed by atoms with E-state index in [1.807, 2.05) is 30.3 Å². The zero-order valence-electron chi connectivity index (χ0n) is 16.6. The van der Waals surface area contributed by atoms with E-state index >= 15 is 0 Å². The highest BCUT2D eigenvalue weighted by atomic mass is 19.1. The van der Waals surface area contributed by atoms with Gasteiger partial charge in [-0.05, 0) is 35.9 Å². The number of carbonyl (C=O) groups excluding carboxylic acids is 1. The van der Waals surface area contributed by atoms with Gasteiger partial charge in [-0.15, -0.1) is 0 Å². The van der Waals surface area contributed by atoms with E-state index in [1.165, 1.54) is 12.1 Å². The number of hydrogen-bond donors (Lipinski definition) is 3. The molecular weight excluding hydrogens is 395 g/mol. The highest BCUT2D eigenvalue weighted by molar-refractivity contribution is 5.92. The molecule has 4 N–H and O–H groups in total. The molecular formula is C23H21FN6O. The van der Waals surface area contributed by atoms with Crippen molar-refractivity contribution < 1.29 is 9.18 Å². The maximum absolute atomic E-state index is 13.1. The van der Waals surface area contributed by atoms with Gasteiger partial charge in [0, 0.05) is 30.7 Å². The number of nitrogens with one attached hydrogen (secondary N) is 2. The van der Waals surface area contributed by atoms with Crippen LogP contribution in [0.2, 0.25) is 0 Å². The molecule has 0 fully saturated rings. The summed E-state index contributed by atoms with van der Waals surface area (Å²) in [5, 5.41) is 6.04. The molecule has 2 heterocycles. The first-order valence-electron chi connectivity index (χ1n) is 9.71. The van der Waals surface area contributed by atoms with Crippen LogP contribution in [0.4, 0.5) is 15.9 Å². The summed E-state index contributed by atoms with van der Waals surface area (Å²) < 4.78 is 14.8. The minimum Gasteiger partial charge on any atom is -0.343 e. The van der Waals surface area contributed by atoms with Crippen LogP contribution in [-0.2, 0) is 0 Å². The number of nitrogens with zero attached hydrogens (tertiary/aromatic N) is 3. The van der Waals surface area contributed by atoms with Crippen molar-refractivity contribution in [3.8, 4) is 5.69 Å². The van der Waals surface area contributed by atoms with E-state index in [9.17, 15) is 9.18 Å². The summed E-state index contributed by atoms with van der Waals surface area (Å²) in [6.45, 7) is 0.277. The average Bonchev–Trinajstić information content (AvgIpc) is 3.30. The molecule has 0 bridgehead atoms. The van der Waals surface area contributed by atoms with Gasteiger partial charge in [0.25, 0.3) is 5.91 Å². The molecule has 0 radical (unpaired) electrons. The number of anilines is 2. The van der Waals surface area contributed by atoms with E-state index in [0.717, 1.165) is 11.3 Å². The first kappa shape index (κ1) is 20.2. The van der Waals surface area contributed by atoms with E-state index in [1.54, 1.807) is 47.6 Å². The Bertz CT molecular complexity index is 1160. The fraction of sp³-hybridized carbons (Fsp3) is 0.0870. The number of aromatic nitrogens is 3. The van der Waals surface area contributed by atoms with Crippen LogP contribution in [0.3, 0.4) is 0 Å². The van der Waals surface area contributed by atoms with Gasteiger partial charge in [-0.2, -0.15) is 0 Å². The van der Waals surface area contributed by atoms with Crippen molar-refractivity contribution in [2.45, 2.75) is 6.04 Å². The third kappa shape index (κ3) is 4.93. The normalized spacial score (nSPS) is 11.7. The van der Waals surface area contributed by atoms with Gasteiger partial charge in [-0.25, -0.2) is 14.4 Å². The molecule has 8 heteroatoms. The lowest BCUT2D eigenvalue weighted by Crippen LogP contribution is -2.33. The molecule has 1 unspecified atom stereocenters. The lowest BCUT2D eigenvalue weighted by Gasteiger charge is -2.16. The van der Waals surface area contributed by atoms with Gasteiger partial charge in [-0.1, -0.05) is 30.3 Å². The molecule has 7 nitrogen and oxygen atoms in total. The molecule has 31 heavy (non-hydrogen) atoms. The Labute approximate surface area is 178 Å². The van der Waals surface area contributed by atoms with Gasteiger partial charge in [0.1, 0.15) is 23.7 Å². The number of pyridine rings is 1. The van der Waals surface area contributed by atoms with Gasteiger partial charge >= 0.3 is 0 Å². The summed E-state index contributed by atoms with van der Waals surface area (Å²) in [6.07, 6.45) is 4.84. The third-order valence-electron chi connectivity index (χ3n) is 4.72. The molecule has 0 spiro atoms. The Morgan fingerprint density at radius 3 is 2.58 bits per heavy atom. The van der Waals surface area contributed by atoms with Crippen LogP contribution in [0, 0.1) is 5.82 Å². The lowest BCUT2D eigenvalue weighted by molar-refractivity contribution is 0.0933. The Kier molecular flexibility index (Phi) is 6.00.